The molecule has 2 aromatic rings. The predicted octanol–water partition coefficient (Wildman–Crippen LogP) is 2.97. The smallest absolute Gasteiger partial charge is 0.315 e. The zero-order chi connectivity index (χ0) is 17.5. The quantitative estimate of drug-likeness (QED) is 0.756. The Morgan fingerprint density at radius 1 is 1.33 bits per heavy atom. The number of nitrogens with zero attached hydrogens (tertiary/aromatic N) is 2. The van der Waals surface area contributed by atoms with E-state index in [4.69, 9.17) is 4.74 Å². The van der Waals surface area contributed by atoms with E-state index in [-0.39, 0.29) is 23.4 Å². The van der Waals surface area contributed by atoms with Crippen LogP contribution in [0.25, 0.3) is 10.6 Å². The second-order valence-corrected chi connectivity index (χ2v) is 6.97. The van der Waals surface area contributed by atoms with Gasteiger partial charge in [-0.3, -0.25) is 14.9 Å². The molecule has 0 spiro atoms. The second kappa shape index (κ2) is 8.74. The number of esters is 1. The highest BCUT2D eigenvalue weighted by Gasteiger charge is 2.18. The van der Waals surface area contributed by atoms with Crippen LogP contribution in [0.15, 0.2) is 24.3 Å². The largest absolute Gasteiger partial charge is 0.465 e. The summed E-state index contributed by atoms with van der Waals surface area (Å²) in [7, 11) is 0. The predicted molar refractivity (Wildman–Crippen MR) is 92.5 cm³/mol. The third kappa shape index (κ3) is 5.27. The SMILES string of the molecule is CCOC(=O)CS[C@@H](C)C(=O)Nc1nnc(-c2ccc(F)cc2)s1. The van der Waals surface area contributed by atoms with Crippen molar-refractivity contribution in [2.24, 2.45) is 0 Å². The third-order valence-electron chi connectivity index (χ3n) is 2.87. The van der Waals surface area contributed by atoms with Gasteiger partial charge in [-0.25, -0.2) is 4.39 Å². The summed E-state index contributed by atoms with van der Waals surface area (Å²) in [6, 6.07) is 5.87. The molecule has 1 N–H and O–H groups in total. The van der Waals surface area contributed by atoms with E-state index in [9.17, 15) is 14.0 Å². The van der Waals surface area contributed by atoms with Crippen LogP contribution in [0.4, 0.5) is 9.52 Å². The van der Waals surface area contributed by atoms with E-state index in [1.165, 1.54) is 35.2 Å². The Hall–Kier alpha value is -2.00. The van der Waals surface area contributed by atoms with Gasteiger partial charge in [-0.2, -0.15) is 0 Å². The van der Waals surface area contributed by atoms with Crippen molar-refractivity contribution in [1.29, 1.82) is 0 Å². The maximum absolute atomic E-state index is 12.9. The molecule has 1 aromatic heterocycles. The van der Waals surface area contributed by atoms with Gasteiger partial charge in [0.15, 0.2) is 0 Å². The van der Waals surface area contributed by atoms with Gasteiger partial charge in [-0.1, -0.05) is 11.3 Å². The summed E-state index contributed by atoms with van der Waals surface area (Å²) >= 11 is 2.38. The summed E-state index contributed by atoms with van der Waals surface area (Å²) in [6.07, 6.45) is 0. The molecule has 0 saturated carbocycles. The number of carbonyl (C=O) groups is 2. The van der Waals surface area contributed by atoms with Crippen molar-refractivity contribution in [3.63, 3.8) is 0 Å². The number of thioether (sulfide) groups is 1. The molecular formula is C15H16FN3O3S2. The van der Waals surface area contributed by atoms with Crippen molar-refractivity contribution in [3.8, 4) is 10.6 Å². The fourth-order valence-corrected chi connectivity index (χ4v) is 3.09. The highest BCUT2D eigenvalue weighted by molar-refractivity contribution is 8.01. The minimum atomic E-state index is -0.437. The van der Waals surface area contributed by atoms with E-state index in [0.29, 0.717) is 16.7 Å². The fraction of sp³-hybridized carbons (Fsp3) is 0.333. The van der Waals surface area contributed by atoms with Crippen molar-refractivity contribution in [2.75, 3.05) is 17.7 Å². The number of benzene rings is 1. The molecule has 1 atom stereocenters. The van der Waals surface area contributed by atoms with E-state index in [0.717, 1.165) is 5.56 Å². The summed E-state index contributed by atoms with van der Waals surface area (Å²) in [5.41, 5.74) is 0.721. The van der Waals surface area contributed by atoms with Gasteiger partial charge in [0, 0.05) is 5.56 Å². The van der Waals surface area contributed by atoms with E-state index >= 15 is 0 Å². The van der Waals surface area contributed by atoms with Crippen LogP contribution in [0, 0.1) is 5.82 Å². The third-order valence-corrected chi connectivity index (χ3v) is 4.88. The first-order chi connectivity index (χ1) is 11.5. The fourth-order valence-electron chi connectivity index (χ4n) is 1.66. The molecule has 0 aliphatic rings. The van der Waals surface area contributed by atoms with Crippen LogP contribution in [-0.4, -0.2) is 39.7 Å². The maximum atomic E-state index is 12.9. The standard InChI is InChI=1S/C15H16FN3O3S2/c1-3-22-12(20)8-23-9(2)13(21)17-15-19-18-14(24-15)10-4-6-11(16)7-5-10/h4-7,9H,3,8H2,1-2H3,(H,17,19,21)/t9-/m0/s1. The van der Waals surface area contributed by atoms with E-state index in [1.54, 1.807) is 26.0 Å². The van der Waals surface area contributed by atoms with E-state index in [1.807, 2.05) is 0 Å². The Kier molecular flexibility index (Phi) is 6.68. The summed E-state index contributed by atoms with van der Waals surface area (Å²) in [5, 5.41) is 11.0. The summed E-state index contributed by atoms with van der Waals surface area (Å²) in [5.74, 6) is -0.841. The Labute approximate surface area is 146 Å². The molecule has 0 aliphatic heterocycles. The molecule has 128 valence electrons. The highest BCUT2D eigenvalue weighted by atomic mass is 32.2. The van der Waals surface area contributed by atoms with Crippen LogP contribution in [0.3, 0.4) is 0 Å². The molecule has 1 amide bonds. The average molecular weight is 369 g/mol. The summed E-state index contributed by atoms with van der Waals surface area (Å²) < 4.78 is 17.7. The first kappa shape index (κ1) is 18.3. The van der Waals surface area contributed by atoms with Gasteiger partial charge in [0.2, 0.25) is 11.0 Å². The van der Waals surface area contributed by atoms with Gasteiger partial charge >= 0.3 is 5.97 Å². The Morgan fingerprint density at radius 3 is 2.71 bits per heavy atom. The number of halogens is 1. The van der Waals surface area contributed by atoms with Crippen LogP contribution in [0.1, 0.15) is 13.8 Å². The lowest BCUT2D eigenvalue weighted by molar-refractivity contribution is -0.139. The number of amides is 1. The first-order valence-corrected chi connectivity index (χ1v) is 9.03. The van der Waals surface area contributed by atoms with E-state index < -0.39 is 5.25 Å². The number of hydrogen-bond acceptors (Lipinski definition) is 7. The van der Waals surface area contributed by atoms with Crippen molar-refractivity contribution >= 4 is 40.1 Å². The van der Waals surface area contributed by atoms with Crippen LogP contribution >= 0.6 is 23.1 Å². The summed E-state index contributed by atoms with van der Waals surface area (Å²) in [6.45, 7) is 3.74. The van der Waals surface area contributed by atoms with E-state index in [2.05, 4.69) is 15.5 Å². The molecule has 1 heterocycles. The molecule has 2 rings (SSSR count). The van der Waals surface area contributed by atoms with Crippen LogP contribution in [0.2, 0.25) is 0 Å². The molecule has 0 radical (unpaired) electrons. The van der Waals surface area contributed by atoms with Gasteiger partial charge in [0.25, 0.3) is 0 Å². The van der Waals surface area contributed by atoms with Gasteiger partial charge in [-0.05, 0) is 38.1 Å². The maximum Gasteiger partial charge on any atom is 0.315 e. The molecule has 9 heteroatoms. The van der Waals surface area contributed by atoms with Gasteiger partial charge in [0.1, 0.15) is 10.8 Å². The number of carbonyl (C=O) groups excluding carboxylic acids is 2. The second-order valence-electron chi connectivity index (χ2n) is 4.67. The minimum Gasteiger partial charge on any atom is -0.465 e. The number of rotatable bonds is 7. The molecule has 0 aliphatic carbocycles. The Balaban J connectivity index is 1.90. The molecule has 0 fully saturated rings. The van der Waals surface area contributed by atoms with Crippen molar-refractivity contribution in [3.05, 3.63) is 30.1 Å². The van der Waals surface area contributed by atoms with Gasteiger partial charge in [-0.15, -0.1) is 22.0 Å². The minimum absolute atomic E-state index is 0.110. The normalized spacial score (nSPS) is 11.8. The number of anilines is 1. The molecule has 24 heavy (non-hydrogen) atoms. The summed E-state index contributed by atoms with van der Waals surface area (Å²) in [4.78, 5) is 23.4. The molecule has 0 saturated heterocycles. The number of hydrogen-bond donors (Lipinski definition) is 1. The van der Waals surface area contributed by atoms with Gasteiger partial charge < -0.3 is 4.74 Å². The topological polar surface area (TPSA) is 81.2 Å². The van der Waals surface area contributed by atoms with Crippen LogP contribution in [-0.2, 0) is 14.3 Å². The lowest BCUT2D eigenvalue weighted by Gasteiger charge is -2.09. The molecule has 0 unspecified atom stereocenters. The zero-order valence-electron chi connectivity index (χ0n) is 13.1. The highest BCUT2D eigenvalue weighted by Crippen LogP contribution is 2.26. The number of aromatic nitrogens is 2. The van der Waals surface area contributed by atoms with Crippen molar-refractivity contribution < 1.29 is 18.7 Å². The lowest BCUT2D eigenvalue weighted by atomic mass is 10.2. The molecule has 6 nitrogen and oxygen atoms in total. The average Bonchev–Trinajstić information content (AvgIpc) is 3.02. The Morgan fingerprint density at radius 2 is 2.04 bits per heavy atom. The lowest BCUT2D eigenvalue weighted by Crippen LogP contribution is -2.24. The number of ether oxygens (including phenoxy) is 1. The molecule has 1 aromatic carbocycles. The first-order valence-electron chi connectivity index (χ1n) is 7.17. The monoisotopic (exact) mass is 369 g/mol. The molecule has 0 bridgehead atoms. The number of nitrogens with one attached hydrogen (secondary N) is 1. The van der Waals surface area contributed by atoms with Crippen molar-refractivity contribution in [1.82, 2.24) is 10.2 Å². The van der Waals surface area contributed by atoms with Gasteiger partial charge in [0.05, 0.1) is 17.6 Å². The van der Waals surface area contributed by atoms with Crippen LogP contribution < -0.4 is 5.32 Å². The van der Waals surface area contributed by atoms with Crippen LogP contribution in [0.5, 0.6) is 0 Å². The van der Waals surface area contributed by atoms with Crippen molar-refractivity contribution in [2.45, 2.75) is 19.1 Å². The Bertz CT molecular complexity index is 706. The molecular weight excluding hydrogens is 353 g/mol. The zero-order valence-corrected chi connectivity index (χ0v) is 14.7.